The summed E-state index contributed by atoms with van der Waals surface area (Å²) in [5.41, 5.74) is 1.19. The minimum Gasteiger partial charge on any atom is -0.507 e. The lowest BCUT2D eigenvalue weighted by Gasteiger charge is -2.27. The Morgan fingerprint density at radius 3 is 2.52 bits per heavy atom. The van der Waals surface area contributed by atoms with Gasteiger partial charge in [-0.25, -0.2) is 0 Å². The number of aliphatic hydroxyl groups excluding tert-OH is 1. The van der Waals surface area contributed by atoms with Crippen LogP contribution < -0.4 is 9.47 Å². The van der Waals surface area contributed by atoms with Crippen molar-refractivity contribution in [2.45, 2.75) is 59.1 Å². The average molecular weight is 452 g/mol. The monoisotopic (exact) mass is 451 g/mol. The zero-order chi connectivity index (χ0) is 24.0. The molecule has 1 unspecified atom stereocenters. The highest BCUT2D eigenvalue weighted by Crippen LogP contribution is 2.43. The fraction of sp³-hybridized carbons (Fsp3) is 0.407. The van der Waals surface area contributed by atoms with Crippen molar-refractivity contribution in [2.24, 2.45) is 0 Å². The van der Waals surface area contributed by atoms with Crippen LogP contribution >= 0.6 is 0 Å². The molecule has 0 spiro atoms. The molecule has 176 valence electrons. The van der Waals surface area contributed by atoms with E-state index in [1.807, 2.05) is 52.0 Å². The number of para-hydroxylation sites is 1. The van der Waals surface area contributed by atoms with E-state index in [0.29, 0.717) is 35.8 Å². The number of Topliss-reactive ketones (excluding diaryl/α,β-unsaturated/α-hetero) is 1. The van der Waals surface area contributed by atoms with Gasteiger partial charge in [-0.2, -0.15) is 0 Å². The predicted molar refractivity (Wildman–Crippen MR) is 128 cm³/mol. The molecule has 2 aromatic carbocycles. The Bertz CT molecular complexity index is 1030. The highest BCUT2D eigenvalue weighted by Gasteiger charge is 2.46. The van der Waals surface area contributed by atoms with Crippen LogP contribution in [0.25, 0.3) is 5.76 Å². The van der Waals surface area contributed by atoms with Gasteiger partial charge in [0, 0.05) is 17.7 Å². The molecule has 6 heteroatoms. The molecule has 1 heterocycles. The van der Waals surface area contributed by atoms with E-state index < -0.39 is 17.7 Å². The number of unbranched alkanes of at least 4 members (excludes halogenated alkanes) is 1. The van der Waals surface area contributed by atoms with Gasteiger partial charge in [-0.3, -0.25) is 9.59 Å². The van der Waals surface area contributed by atoms with Crippen molar-refractivity contribution in [3.8, 4) is 11.5 Å². The molecule has 6 nitrogen and oxygen atoms in total. The van der Waals surface area contributed by atoms with Crippen molar-refractivity contribution >= 4 is 17.4 Å². The van der Waals surface area contributed by atoms with Crippen LogP contribution in [0.1, 0.15) is 64.1 Å². The maximum absolute atomic E-state index is 13.2. The molecule has 2 aromatic rings. The maximum atomic E-state index is 13.2. The number of ketones is 1. The Kier molecular flexibility index (Phi) is 8.15. The summed E-state index contributed by atoms with van der Waals surface area (Å²) in [6.45, 7) is 8.85. The third-order valence-electron chi connectivity index (χ3n) is 5.45. The molecule has 1 saturated heterocycles. The number of carbonyl (C=O) groups excluding carboxylic acids is 2. The standard InChI is InChI=1S/C27H33NO5/c1-5-7-15-28-24(21-13-8-9-14-22(21)33-18(3)4)23(26(30)27(28)31)25(29)19-11-10-12-20(17-19)32-16-6-2/h8-14,17-18,24,29H,5-7,15-16H2,1-4H3/b25-23-. The summed E-state index contributed by atoms with van der Waals surface area (Å²) >= 11 is 0. The second-order valence-corrected chi connectivity index (χ2v) is 8.43. The molecule has 1 amide bonds. The molecule has 1 atom stereocenters. The second kappa shape index (κ2) is 11.0. The van der Waals surface area contributed by atoms with Gasteiger partial charge in [0.1, 0.15) is 17.3 Å². The molecule has 0 saturated carbocycles. The molecular weight excluding hydrogens is 418 g/mol. The maximum Gasteiger partial charge on any atom is 0.295 e. The smallest absolute Gasteiger partial charge is 0.295 e. The number of ether oxygens (including phenoxy) is 2. The van der Waals surface area contributed by atoms with Gasteiger partial charge in [0.05, 0.1) is 24.3 Å². The van der Waals surface area contributed by atoms with Gasteiger partial charge in [0.25, 0.3) is 11.7 Å². The SMILES string of the molecule is CCCCN1C(=O)C(=O)/C(=C(\O)c2cccc(OCCC)c2)C1c1ccccc1OC(C)C. The molecule has 33 heavy (non-hydrogen) atoms. The van der Waals surface area contributed by atoms with Gasteiger partial charge in [0.15, 0.2) is 0 Å². The third kappa shape index (κ3) is 5.38. The largest absolute Gasteiger partial charge is 0.507 e. The fourth-order valence-electron chi connectivity index (χ4n) is 3.94. The minimum absolute atomic E-state index is 0.0727. The Morgan fingerprint density at radius 1 is 1.06 bits per heavy atom. The number of rotatable bonds is 10. The minimum atomic E-state index is -0.730. The number of carbonyl (C=O) groups is 2. The van der Waals surface area contributed by atoms with E-state index in [2.05, 4.69) is 0 Å². The first kappa shape index (κ1) is 24.4. The highest BCUT2D eigenvalue weighted by molar-refractivity contribution is 6.46. The summed E-state index contributed by atoms with van der Waals surface area (Å²) in [6.07, 6.45) is 2.38. The molecule has 1 N–H and O–H groups in total. The van der Waals surface area contributed by atoms with Gasteiger partial charge in [-0.05, 0) is 44.9 Å². The van der Waals surface area contributed by atoms with Crippen LogP contribution in [0.15, 0.2) is 54.1 Å². The summed E-state index contributed by atoms with van der Waals surface area (Å²) in [5.74, 6) is -0.313. The number of nitrogens with zero attached hydrogens (tertiary/aromatic N) is 1. The molecular formula is C27H33NO5. The molecule has 0 aromatic heterocycles. The van der Waals surface area contributed by atoms with Crippen molar-refractivity contribution in [1.82, 2.24) is 4.90 Å². The third-order valence-corrected chi connectivity index (χ3v) is 5.45. The molecule has 1 aliphatic rings. The highest BCUT2D eigenvalue weighted by atomic mass is 16.5. The van der Waals surface area contributed by atoms with Crippen molar-refractivity contribution < 1.29 is 24.2 Å². The summed E-state index contributed by atoms with van der Waals surface area (Å²) < 4.78 is 11.7. The summed E-state index contributed by atoms with van der Waals surface area (Å²) in [6, 6.07) is 13.6. The molecule has 1 aliphatic heterocycles. The van der Waals surface area contributed by atoms with Crippen LogP contribution in [0.2, 0.25) is 0 Å². The second-order valence-electron chi connectivity index (χ2n) is 8.43. The number of benzene rings is 2. The molecule has 3 rings (SSSR count). The van der Waals surface area contributed by atoms with Gasteiger partial charge < -0.3 is 19.5 Å². The number of aliphatic hydroxyl groups is 1. The van der Waals surface area contributed by atoms with Crippen LogP contribution in [-0.4, -0.2) is 41.0 Å². The zero-order valence-corrected chi connectivity index (χ0v) is 19.8. The van der Waals surface area contributed by atoms with Crippen molar-refractivity contribution in [1.29, 1.82) is 0 Å². The van der Waals surface area contributed by atoms with Crippen LogP contribution in [0.3, 0.4) is 0 Å². The Balaban J connectivity index is 2.16. The lowest BCUT2D eigenvalue weighted by Crippen LogP contribution is -2.31. The van der Waals surface area contributed by atoms with E-state index in [1.165, 1.54) is 0 Å². The average Bonchev–Trinajstić information content (AvgIpc) is 3.05. The van der Waals surface area contributed by atoms with Crippen LogP contribution in [-0.2, 0) is 9.59 Å². The van der Waals surface area contributed by atoms with Gasteiger partial charge >= 0.3 is 0 Å². The molecule has 1 fully saturated rings. The zero-order valence-electron chi connectivity index (χ0n) is 19.8. The number of amides is 1. The van der Waals surface area contributed by atoms with Gasteiger partial charge in [-0.15, -0.1) is 0 Å². The van der Waals surface area contributed by atoms with Crippen LogP contribution in [0.5, 0.6) is 11.5 Å². The van der Waals surface area contributed by atoms with E-state index >= 15 is 0 Å². The van der Waals surface area contributed by atoms with Crippen molar-refractivity contribution in [3.63, 3.8) is 0 Å². The first-order valence-corrected chi connectivity index (χ1v) is 11.7. The number of likely N-dealkylation sites (tertiary alicyclic amines) is 1. The van der Waals surface area contributed by atoms with E-state index in [1.54, 1.807) is 29.2 Å². The van der Waals surface area contributed by atoms with Crippen molar-refractivity contribution in [2.75, 3.05) is 13.2 Å². The quantitative estimate of drug-likeness (QED) is 0.294. The van der Waals surface area contributed by atoms with Gasteiger partial charge in [0.2, 0.25) is 0 Å². The first-order valence-electron chi connectivity index (χ1n) is 11.7. The fourth-order valence-corrected chi connectivity index (χ4v) is 3.94. The summed E-state index contributed by atoms with van der Waals surface area (Å²) in [4.78, 5) is 27.8. The number of hydrogen-bond acceptors (Lipinski definition) is 5. The summed E-state index contributed by atoms with van der Waals surface area (Å²) in [7, 11) is 0. The van der Waals surface area contributed by atoms with E-state index in [-0.39, 0.29) is 17.4 Å². The van der Waals surface area contributed by atoms with Crippen LogP contribution in [0.4, 0.5) is 0 Å². The summed E-state index contributed by atoms with van der Waals surface area (Å²) in [5, 5.41) is 11.3. The van der Waals surface area contributed by atoms with Gasteiger partial charge in [-0.1, -0.05) is 50.6 Å². The Labute approximate surface area is 195 Å². The number of hydrogen-bond donors (Lipinski definition) is 1. The Hall–Kier alpha value is -3.28. The lowest BCUT2D eigenvalue weighted by atomic mass is 9.94. The van der Waals surface area contributed by atoms with E-state index in [0.717, 1.165) is 19.3 Å². The first-order chi connectivity index (χ1) is 15.9. The van der Waals surface area contributed by atoms with Crippen molar-refractivity contribution in [3.05, 3.63) is 65.2 Å². The Morgan fingerprint density at radius 2 is 1.82 bits per heavy atom. The van der Waals surface area contributed by atoms with E-state index in [9.17, 15) is 14.7 Å². The molecule has 0 bridgehead atoms. The molecule has 0 radical (unpaired) electrons. The normalized spacial score (nSPS) is 17.6. The lowest BCUT2D eigenvalue weighted by molar-refractivity contribution is -0.139. The topological polar surface area (TPSA) is 76.1 Å². The molecule has 0 aliphatic carbocycles. The van der Waals surface area contributed by atoms with E-state index in [4.69, 9.17) is 9.47 Å². The predicted octanol–water partition coefficient (Wildman–Crippen LogP) is 5.48. The van der Waals surface area contributed by atoms with Crippen LogP contribution in [0, 0.1) is 0 Å².